The molecule has 1 saturated heterocycles. The number of ether oxygens (including phenoxy) is 1. The standard InChI is InChI=1S/C34H32N4OS/c1-25-13-15-27(16-14-25)32(38-23-21-37(22-24-38)29-17-19-30(39-2)20-18-29)36-34-31(26-9-5-3-6-10-26)35-33(40-34)28-11-7-4-8-12-28/h3-20H,21-24H2,1-2H3/b36-32+. The molecule has 0 spiro atoms. The molecule has 4 aromatic carbocycles. The molecule has 5 aromatic rings. The Morgan fingerprint density at radius 1 is 0.750 bits per heavy atom. The van der Waals surface area contributed by atoms with Crippen LogP contribution < -0.4 is 9.64 Å². The van der Waals surface area contributed by atoms with Crippen molar-refractivity contribution in [1.29, 1.82) is 0 Å². The summed E-state index contributed by atoms with van der Waals surface area (Å²) in [7, 11) is 1.70. The van der Waals surface area contributed by atoms with E-state index in [0.29, 0.717) is 0 Å². The predicted octanol–water partition coefficient (Wildman–Crippen LogP) is 7.69. The molecule has 0 amide bonds. The minimum absolute atomic E-state index is 0.879. The van der Waals surface area contributed by atoms with E-state index in [-0.39, 0.29) is 0 Å². The summed E-state index contributed by atoms with van der Waals surface area (Å²) in [6.07, 6.45) is 0. The third-order valence-electron chi connectivity index (χ3n) is 7.21. The van der Waals surface area contributed by atoms with E-state index in [0.717, 1.165) is 70.2 Å². The first-order valence-corrected chi connectivity index (χ1v) is 14.4. The molecule has 2 heterocycles. The maximum absolute atomic E-state index is 5.39. The minimum Gasteiger partial charge on any atom is -0.497 e. The third kappa shape index (κ3) is 5.63. The van der Waals surface area contributed by atoms with Gasteiger partial charge in [0.2, 0.25) is 0 Å². The summed E-state index contributed by atoms with van der Waals surface area (Å²) in [5, 5.41) is 1.91. The highest BCUT2D eigenvalue weighted by Gasteiger charge is 2.23. The molecule has 0 aliphatic carbocycles. The van der Waals surface area contributed by atoms with Crippen LogP contribution in [-0.4, -0.2) is 49.0 Å². The predicted molar refractivity (Wildman–Crippen MR) is 167 cm³/mol. The Labute approximate surface area is 240 Å². The fraction of sp³-hybridized carbons (Fsp3) is 0.176. The van der Waals surface area contributed by atoms with Crippen LogP contribution in [0.5, 0.6) is 5.75 Å². The zero-order valence-electron chi connectivity index (χ0n) is 22.8. The Bertz CT molecular complexity index is 1570. The van der Waals surface area contributed by atoms with E-state index in [1.54, 1.807) is 18.4 Å². The summed E-state index contributed by atoms with van der Waals surface area (Å²) in [5.74, 6) is 1.87. The molecular formula is C34H32N4OS. The van der Waals surface area contributed by atoms with Gasteiger partial charge in [-0.2, -0.15) is 0 Å². The van der Waals surface area contributed by atoms with Gasteiger partial charge in [0, 0.05) is 48.6 Å². The summed E-state index contributed by atoms with van der Waals surface area (Å²) < 4.78 is 5.34. The molecule has 0 atom stereocenters. The number of hydrogen-bond donors (Lipinski definition) is 0. The number of aliphatic imine (C=N–C) groups is 1. The molecule has 1 aliphatic rings. The zero-order chi connectivity index (χ0) is 27.3. The lowest BCUT2D eigenvalue weighted by Crippen LogP contribution is -2.49. The molecule has 0 unspecified atom stereocenters. The van der Waals surface area contributed by atoms with Crippen LogP contribution in [0.2, 0.25) is 0 Å². The second-order valence-electron chi connectivity index (χ2n) is 9.88. The highest BCUT2D eigenvalue weighted by molar-refractivity contribution is 7.19. The normalized spacial score (nSPS) is 13.9. The number of rotatable bonds is 6. The monoisotopic (exact) mass is 544 g/mol. The van der Waals surface area contributed by atoms with Crippen LogP contribution in [-0.2, 0) is 0 Å². The number of thiazole rings is 1. The molecule has 6 rings (SSSR count). The molecule has 1 aromatic heterocycles. The van der Waals surface area contributed by atoms with E-state index in [2.05, 4.69) is 102 Å². The number of amidine groups is 1. The molecule has 1 aliphatic heterocycles. The van der Waals surface area contributed by atoms with E-state index in [9.17, 15) is 0 Å². The summed E-state index contributed by atoms with van der Waals surface area (Å²) in [6.45, 7) is 5.71. The van der Waals surface area contributed by atoms with Crippen molar-refractivity contribution in [2.24, 2.45) is 4.99 Å². The van der Waals surface area contributed by atoms with Crippen LogP contribution in [0.3, 0.4) is 0 Å². The van der Waals surface area contributed by atoms with Crippen molar-refractivity contribution in [2.45, 2.75) is 6.92 Å². The molecule has 5 nitrogen and oxygen atoms in total. The Morgan fingerprint density at radius 2 is 1.38 bits per heavy atom. The van der Waals surface area contributed by atoms with Crippen LogP contribution in [0.4, 0.5) is 10.7 Å². The Kier molecular flexibility index (Phi) is 7.60. The van der Waals surface area contributed by atoms with Crippen LogP contribution in [0, 0.1) is 6.92 Å². The molecule has 1 fully saturated rings. The van der Waals surface area contributed by atoms with Gasteiger partial charge in [-0.3, -0.25) is 0 Å². The van der Waals surface area contributed by atoms with Gasteiger partial charge in [-0.15, -0.1) is 0 Å². The van der Waals surface area contributed by atoms with Gasteiger partial charge in [0.1, 0.15) is 27.3 Å². The number of benzene rings is 4. The number of methoxy groups -OCH3 is 1. The average molecular weight is 545 g/mol. The van der Waals surface area contributed by atoms with Gasteiger partial charge in [-0.05, 0) is 31.2 Å². The smallest absolute Gasteiger partial charge is 0.146 e. The number of nitrogens with zero attached hydrogens (tertiary/aromatic N) is 4. The highest BCUT2D eigenvalue weighted by Crippen LogP contribution is 2.40. The molecule has 0 radical (unpaired) electrons. The largest absolute Gasteiger partial charge is 0.497 e. The van der Waals surface area contributed by atoms with E-state index in [1.807, 2.05) is 24.3 Å². The summed E-state index contributed by atoms with van der Waals surface area (Å²) in [6, 6.07) is 37.8. The van der Waals surface area contributed by atoms with Gasteiger partial charge in [0.25, 0.3) is 0 Å². The summed E-state index contributed by atoms with van der Waals surface area (Å²) in [4.78, 5) is 15.3. The lowest BCUT2D eigenvalue weighted by atomic mass is 10.1. The Morgan fingerprint density at radius 3 is 2.00 bits per heavy atom. The van der Waals surface area contributed by atoms with Crippen molar-refractivity contribution in [2.75, 3.05) is 38.2 Å². The Hall–Kier alpha value is -4.42. The van der Waals surface area contributed by atoms with Crippen molar-refractivity contribution in [3.05, 3.63) is 120 Å². The van der Waals surface area contributed by atoms with Crippen molar-refractivity contribution >= 4 is 27.9 Å². The van der Waals surface area contributed by atoms with Crippen molar-refractivity contribution in [3.63, 3.8) is 0 Å². The van der Waals surface area contributed by atoms with Gasteiger partial charge in [-0.25, -0.2) is 9.98 Å². The molecule has 200 valence electrons. The quantitative estimate of drug-likeness (QED) is 0.162. The molecular weight excluding hydrogens is 512 g/mol. The van der Waals surface area contributed by atoms with E-state index in [4.69, 9.17) is 14.7 Å². The van der Waals surface area contributed by atoms with Gasteiger partial charge >= 0.3 is 0 Å². The van der Waals surface area contributed by atoms with Crippen molar-refractivity contribution < 1.29 is 4.74 Å². The second kappa shape index (κ2) is 11.8. The average Bonchev–Trinajstić information content (AvgIpc) is 3.45. The van der Waals surface area contributed by atoms with Crippen LogP contribution in [0.25, 0.3) is 21.8 Å². The number of hydrogen-bond acceptors (Lipinski definition) is 5. The summed E-state index contributed by atoms with van der Waals surface area (Å²) in [5.41, 5.74) is 6.68. The lowest BCUT2D eigenvalue weighted by molar-refractivity contribution is 0.386. The molecule has 0 bridgehead atoms. The van der Waals surface area contributed by atoms with Crippen LogP contribution in [0.1, 0.15) is 11.1 Å². The van der Waals surface area contributed by atoms with E-state index >= 15 is 0 Å². The molecule has 40 heavy (non-hydrogen) atoms. The van der Waals surface area contributed by atoms with Gasteiger partial charge in [0.05, 0.1) is 7.11 Å². The van der Waals surface area contributed by atoms with Crippen molar-refractivity contribution in [1.82, 2.24) is 9.88 Å². The summed E-state index contributed by atoms with van der Waals surface area (Å²) >= 11 is 1.65. The highest BCUT2D eigenvalue weighted by atomic mass is 32.1. The first-order valence-electron chi connectivity index (χ1n) is 13.6. The Balaban J connectivity index is 1.37. The maximum Gasteiger partial charge on any atom is 0.146 e. The lowest BCUT2D eigenvalue weighted by Gasteiger charge is -2.38. The first kappa shape index (κ1) is 25.8. The number of piperazine rings is 1. The molecule has 0 saturated carbocycles. The zero-order valence-corrected chi connectivity index (χ0v) is 23.6. The molecule has 6 heteroatoms. The number of anilines is 1. The van der Waals surface area contributed by atoms with E-state index < -0.39 is 0 Å². The fourth-order valence-corrected chi connectivity index (χ4v) is 5.93. The minimum atomic E-state index is 0.879. The fourth-order valence-electron chi connectivity index (χ4n) is 4.96. The number of aromatic nitrogens is 1. The van der Waals surface area contributed by atoms with Gasteiger partial charge < -0.3 is 14.5 Å². The number of aryl methyl sites for hydroxylation is 1. The van der Waals surface area contributed by atoms with Crippen LogP contribution >= 0.6 is 11.3 Å². The van der Waals surface area contributed by atoms with E-state index in [1.165, 1.54) is 11.3 Å². The maximum atomic E-state index is 5.39. The van der Waals surface area contributed by atoms with Crippen molar-refractivity contribution in [3.8, 4) is 27.6 Å². The second-order valence-corrected chi connectivity index (χ2v) is 10.9. The third-order valence-corrected chi connectivity index (χ3v) is 8.21. The van der Waals surface area contributed by atoms with Crippen LogP contribution in [0.15, 0.2) is 114 Å². The van der Waals surface area contributed by atoms with Gasteiger partial charge in [0.15, 0.2) is 0 Å². The molecule has 0 N–H and O–H groups in total. The van der Waals surface area contributed by atoms with Gasteiger partial charge in [-0.1, -0.05) is 102 Å². The SMILES string of the molecule is COc1ccc(N2CCN(/C(=N/c3sc(-c4ccccc4)nc3-c3ccccc3)c3ccc(C)cc3)CC2)cc1. The first-order chi connectivity index (χ1) is 19.7. The topological polar surface area (TPSA) is 41.0 Å².